The summed E-state index contributed by atoms with van der Waals surface area (Å²) in [5, 5.41) is 9.83. The second kappa shape index (κ2) is 10.8. The summed E-state index contributed by atoms with van der Waals surface area (Å²) in [6.45, 7) is 3.85. The molecule has 1 N–H and O–H groups in total. The molecule has 1 amide bonds. The summed E-state index contributed by atoms with van der Waals surface area (Å²) in [5.74, 6) is 0.888. The van der Waals surface area contributed by atoms with Crippen LogP contribution in [-0.4, -0.2) is 74.6 Å². The Morgan fingerprint density at radius 1 is 1.22 bits per heavy atom. The molecule has 1 aliphatic heterocycles. The Kier molecular flexibility index (Phi) is 7.92. The molecule has 3 atom stereocenters. The maximum absolute atomic E-state index is 13.7. The van der Waals surface area contributed by atoms with Crippen LogP contribution in [0.4, 0.5) is 0 Å². The summed E-state index contributed by atoms with van der Waals surface area (Å²) in [6, 6.07) is 12.0. The van der Waals surface area contributed by atoms with Crippen LogP contribution in [0.25, 0.3) is 11.1 Å². The third-order valence-corrected chi connectivity index (χ3v) is 9.37. The van der Waals surface area contributed by atoms with Crippen molar-refractivity contribution in [2.24, 2.45) is 11.8 Å². The first-order valence-corrected chi connectivity index (χ1v) is 13.9. The summed E-state index contributed by atoms with van der Waals surface area (Å²) < 4.78 is 40.5. The van der Waals surface area contributed by atoms with Crippen LogP contribution in [-0.2, 0) is 14.8 Å². The number of ether oxygens (including phenoxy) is 2. The van der Waals surface area contributed by atoms with Gasteiger partial charge in [0.05, 0.1) is 20.3 Å². The van der Waals surface area contributed by atoms with Gasteiger partial charge in [0, 0.05) is 31.5 Å². The maximum atomic E-state index is 13.7. The normalized spacial score (nSPS) is 22.8. The predicted octanol–water partition coefficient (Wildman–Crippen LogP) is 3.39. The van der Waals surface area contributed by atoms with Gasteiger partial charge in [-0.2, -0.15) is 4.31 Å². The summed E-state index contributed by atoms with van der Waals surface area (Å²) in [5.41, 5.74) is 1.65. The lowest BCUT2D eigenvalue weighted by Crippen LogP contribution is -2.50. The molecule has 0 spiro atoms. The highest BCUT2D eigenvalue weighted by Gasteiger charge is 2.39. The van der Waals surface area contributed by atoms with Gasteiger partial charge in [0.2, 0.25) is 15.9 Å². The Hall–Kier alpha value is -2.62. The van der Waals surface area contributed by atoms with Crippen molar-refractivity contribution in [1.29, 1.82) is 0 Å². The van der Waals surface area contributed by atoms with Gasteiger partial charge >= 0.3 is 0 Å². The molecule has 196 valence electrons. The summed E-state index contributed by atoms with van der Waals surface area (Å²) in [7, 11) is -0.550. The van der Waals surface area contributed by atoms with Crippen molar-refractivity contribution < 1.29 is 27.8 Å². The quantitative estimate of drug-likeness (QED) is 0.606. The zero-order valence-corrected chi connectivity index (χ0v) is 22.2. The van der Waals surface area contributed by atoms with Crippen LogP contribution < -0.4 is 9.47 Å². The third-order valence-electron chi connectivity index (χ3n) is 7.35. The number of nitrogens with zero attached hydrogens (tertiary/aromatic N) is 2. The maximum Gasteiger partial charge on any atom is 0.247 e. The molecule has 2 aromatic carbocycles. The Bertz CT molecular complexity index is 1200. The second-order valence-corrected chi connectivity index (χ2v) is 11.8. The molecular formula is C27H36N2O6S. The van der Waals surface area contributed by atoms with Crippen molar-refractivity contribution in [3.63, 3.8) is 0 Å². The van der Waals surface area contributed by atoms with E-state index in [-0.39, 0.29) is 41.5 Å². The minimum atomic E-state index is -3.93. The van der Waals surface area contributed by atoms with Crippen molar-refractivity contribution in [3.8, 4) is 22.6 Å². The Morgan fingerprint density at radius 3 is 2.58 bits per heavy atom. The van der Waals surface area contributed by atoms with E-state index in [1.165, 1.54) is 4.31 Å². The van der Waals surface area contributed by atoms with Crippen molar-refractivity contribution in [1.82, 2.24) is 9.21 Å². The standard InChI is InChI=1S/C27H36N2O6S/c1-18-15-29(19(2)17-30)36(32,33)26-12-11-22(21-9-6-10-23(13-21)34-4)14-24(26)35-25(18)16-28(3)27(31)20-7-5-8-20/h6,9-14,18-20,25,30H,5,7-8,15-17H2,1-4H3/t18-,19+,25-/m0/s1. The number of benzene rings is 2. The van der Waals surface area contributed by atoms with Crippen molar-refractivity contribution in [2.45, 2.75) is 50.2 Å². The number of aliphatic hydroxyl groups is 1. The zero-order chi connectivity index (χ0) is 26.0. The average molecular weight is 517 g/mol. The molecule has 2 aromatic rings. The highest BCUT2D eigenvalue weighted by molar-refractivity contribution is 7.89. The highest BCUT2D eigenvalue weighted by atomic mass is 32.2. The molecule has 9 heteroatoms. The first-order valence-electron chi connectivity index (χ1n) is 12.5. The first-order chi connectivity index (χ1) is 17.1. The molecule has 0 aromatic heterocycles. The largest absolute Gasteiger partial charge is 0.497 e. The van der Waals surface area contributed by atoms with Gasteiger partial charge in [-0.3, -0.25) is 4.79 Å². The van der Waals surface area contributed by atoms with E-state index < -0.39 is 22.2 Å². The second-order valence-electron chi connectivity index (χ2n) is 9.98. The van der Waals surface area contributed by atoms with Gasteiger partial charge in [0.25, 0.3) is 0 Å². The monoisotopic (exact) mass is 516 g/mol. The smallest absolute Gasteiger partial charge is 0.247 e. The topological polar surface area (TPSA) is 96.4 Å². The Labute approximate surface area is 213 Å². The predicted molar refractivity (Wildman–Crippen MR) is 137 cm³/mol. The van der Waals surface area contributed by atoms with E-state index in [9.17, 15) is 18.3 Å². The Morgan fingerprint density at radius 2 is 1.94 bits per heavy atom. The van der Waals surface area contributed by atoms with E-state index in [1.807, 2.05) is 31.2 Å². The number of fused-ring (bicyclic) bond motifs is 1. The molecular weight excluding hydrogens is 480 g/mol. The van der Waals surface area contributed by atoms with Crippen molar-refractivity contribution in [3.05, 3.63) is 42.5 Å². The molecule has 0 unspecified atom stereocenters. The van der Waals surface area contributed by atoms with Crippen LogP contribution in [0.1, 0.15) is 33.1 Å². The van der Waals surface area contributed by atoms with Crippen LogP contribution in [0, 0.1) is 11.8 Å². The first kappa shape index (κ1) is 26.4. The molecule has 0 saturated heterocycles. The Balaban J connectivity index is 1.75. The number of carbonyl (C=O) groups is 1. The third kappa shape index (κ3) is 5.23. The van der Waals surface area contributed by atoms with Gasteiger partial charge in [-0.1, -0.05) is 31.5 Å². The summed E-state index contributed by atoms with van der Waals surface area (Å²) >= 11 is 0. The fraction of sp³-hybridized carbons (Fsp3) is 0.519. The summed E-state index contributed by atoms with van der Waals surface area (Å²) in [6.07, 6.45) is 2.48. The van der Waals surface area contributed by atoms with E-state index in [4.69, 9.17) is 9.47 Å². The minimum absolute atomic E-state index is 0.0549. The number of carbonyl (C=O) groups excluding carboxylic acids is 1. The van der Waals surface area contributed by atoms with E-state index in [0.717, 1.165) is 30.4 Å². The van der Waals surface area contributed by atoms with Crippen LogP contribution in [0.3, 0.4) is 0 Å². The number of rotatable bonds is 7. The lowest BCUT2D eigenvalue weighted by atomic mass is 9.84. The lowest BCUT2D eigenvalue weighted by molar-refractivity contribution is -0.138. The number of hydrogen-bond acceptors (Lipinski definition) is 6. The van der Waals surface area contributed by atoms with Crippen molar-refractivity contribution >= 4 is 15.9 Å². The van der Waals surface area contributed by atoms with E-state index in [1.54, 1.807) is 44.2 Å². The molecule has 1 heterocycles. The highest BCUT2D eigenvalue weighted by Crippen LogP contribution is 2.37. The fourth-order valence-corrected chi connectivity index (χ4v) is 6.58. The molecule has 0 bridgehead atoms. The zero-order valence-electron chi connectivity index (χ0n) is 21.4. The van der Waals surface area contributed by atoms with Gasteiger partial charge < -0.3 is 19.5 Å². The fourth-order valence-electron chi connectivity index (χ4n) is 4.75. The number of likely N-dealkylation sites (N-methyl/N-ethyl adjacent to an activating group) is 1. The van der Waals surface area contributed by atoms with Crippen molar-refractivity contribution in [2.75, 3.05) is 33.9 Å². The van der Waals surface area contributed by atoms with Crippen LogP contribution in [0.2, 0.25) is 0 Å². The molecule has 1 saturated carbocycles. The van der Waals surface area contributed by atoms with Crippen LogP contribution in [0.5, 0.6) is 11.5 Å². The SMILES string of the molecule is COc1cccc(-c2ccc3c(c2)O[C@@H](CN(C)C(=O)C2CCC2)[C@@H](C)CN([C@H](C)CO)S3(=O)=O)c1. The van der Waals surface area contributed by atoms with Gasteiger partial charge in [-0.25, -0.2) is 8.42 Å². The molecule has 36 heavy (non-hydrogen) atoms. The van der Waals surface area contributed by atoms with Gasteiger partial charge in [-0.15, -0.1) is 0 Å². The molecule has 0 radical (unpaired) electrons. The van der Waals surface area contributed by atoms with Gasteiger partial charge in [0.1, 0.15) is 22.5 Å². The van der Waals surface area contributed by atoms with E-state index >= 15 is 0 Å². The molecule has 4 rings (SSSR count). The number of amides is 1. The molecule has 1 aliphatic carbocycles. The number of hydrogen-bond donors (Lipinski definition) is 1. The van der Waals surface area contributed by atoms with Gasteiger partial charge in [-0.05, 0) is 55.2 Å². The number of methoxy groups -OCH3 is 1. The molecule has 2 aliphatic rings. The molecule has 8 nitrogen and oxygen atoms in total. The van der Waals surface area contributed by atoms with E-state index in [2.05, 4.69) is 0 Å². The number of sulfonamides is 1. The van der Waals surface area contributed by atoms with E-state index in [0.29, 0.717) is 12.3 Å². The molecule has 1 fully saturated rings. The number of aliphatic hydroxyl groups excluding tert-OH is 1. The minimum Gasteiger partial charge on any atom is -0.497 e. The van der Waals surface area contributed by atoms with Gasteiger partial charge in [0.15, 0.2) is 0 Å². The average Bonchev–Trinajstić information content (AvgIpc) is 2.84. The summed E-state index contributed by atoms with van der Waals surface area (Å²) in [4.78, 5) is 14.6. The van der Waals surface area contributed by atoms with Crippen LogP contribution >= 0.6 is 0 Å². The lowest BCUT2D eigenvalue weighted by Gasteiger charge is -2.38. The van der Waals surface area contributed by atoms with Crippen LogP contribution in [0.15, 0.2) is 47.4 Å².